The molecule has 1 aromatic heterocycles. The number of amides is 2. The summed E-state index contributed by atoms with van der Waals surface area (Å²) in [6.45, 7) is 3.73. The zero-order valence-corrected chi connectivity index (χ0v) is 13.8. The van der Waals surface area contributed by atoms with Crippen LogP contribution in [0.3, 0.4) is 0 Å². The van der Waals surface area contributed by atoms with E-state index in [2.05, 4.69) is 31.5 Å². The number of aromatic nitrogens is 1. The summed E-state index contributed by atoms with van der Waals surface area (Å²) < 4.78 is 0.864. The number of anilines is 1. The number of carbonyl (C=O) groups is 2. The Bertz CT molecular complexity index is 701. The highest BCUT2D eigenvalue weighted by Crippen LogP contribution is 2.16. The lowest BCUT2D eigenvalue weighted by molar-refractivity contribution is 0.0938. The minimum atomic E-state index is -0.364. The molecule has 2 rings (SSSR count). The fourth-order valence-electron chi connectivity index (χ4n) is 1.79. The maximum absolute atomic E-state index is 12.2. The zero-order valence-electron chi connectivity index (χ0n) is 12.3. The van der Waals surface area contributed by atoms with Crippen LogP contribution in [0.5, 0.6) is 0 Å². The molecule has 2 N–H and O–H groups in total. The predicted molar refractivity (Wildman–Crippen MR) is 88.9 cm³/mol. The highest BCUT2D eigenvalue weighted by atomic mass is 79.9. The minimum Gasteiger partial charge on any atom is -0.349 e. The third-order valence-electron chi connectivity index (χ3n) is 2.72. The van der Waals surface area contributed by atoms with Crippen molar-refractivity contribution in [2.24, 2.45) is 0 Å². The molecular formula is C16H16BrN3O2. The Morgan fingerprint density at radius 2 is 1.68 bits per heavy atom. The summed E-state index contributed by atoms with van der Waals surface area (Å²) >= 11 is 3.34. The summed E-state index contributed by atoms with van der Waals surface area (Å²) in [5.74, 6) is -0.663. The molecule has 5 nitrogen and oxygen atoms in total. The Morgan fingerprint density at radius 3 is 2.32 bits per heavy atom. The third-order valence-corrected chi connectivity index (χ3v) is 3.21. The van der Waals surface area contributed by atoms with Gasteiger partial charge in [0.2, 0.25) is 0 Å². The monoisotopic (exact) mass is 361 g/mol. The molecule has 2 amide bonds. The van der Waals surface area contributed by atoms with Crippen LogP contribution in [0.4, 0.5) is 5.69 Å². The van der Waals surface area contributed by atoms with Gasteiger partial charge in [-0.2, -0.15) is 0 Å². The van der Waals surface area contributed by atoms with Crippen molar-refractivity contribution >= 4 is 33.4 Å². The maximum Gasteiger partial charge on any atom is 0.274 e. The van der Waals surface area contributed by atoms with Gasteiger partial charge in [-0.15, -0.1) is 0 Å². The van der Waals surface area contributed by atoms with E-state index in [9.17, 15) is 9.59 Å². The van der Waals surface area contributed by atoms with Crippen LogP contribution in [0.2, 0.25) is 0 Å². The summed E-state index contributed by atoms with van der Waals surface area (Å²) in [6.07, 6.45) is 0. The smallest absolute Gasteiger partial charge is 0.274 e. The molecule has 0 aliphatic heterocycles. The minimum absolute atomic E-state index is 0.00783. The van der Waals surface area contributed by atoms with Crippen LogP contribution in [-0.2, 0) is 0 Å². The van der Waals surface area contributed by atoms with Gasteiger partial charge < -0.3 is 10.6 Å². The van der Waals surface area contributed by atoms with E-state index in [4.69, 9.17) is 0 Å². The Balaban J connectivity index is 2.15. The molecule has 0 radical (unpaired) electrons. The summed E-state index contributed by atoms with van der Waals surface area (Å²) in [7, 11) is 0. The molecule has 0 bridgehead atoms. The van der Waals surface area contributed by atoms with E-state index in [1.165, 1.54) is 0 Å². The van der Waals surface area contributed by atoms with E-state index in [1.54, 1.807) is 30.3 Å². The molecule has 0 fully saturated rings. The lowest BCUT2D eigenvalue weighted by Gasteiger charge is -2.09. The van der Waals surface area contributed by atoms with Crippen molar-refractivity contribution in [3.8, 4) is 0 Å². The van der Waals surface area contributed by atoms with Crippen molar-refractivity contribution in [3.63, 3.8) is 0 Å². The van der Waals surface area contributed by atoms with Gasteiger partial charge in [-0.05, 0) is 44.2 Å². The van der Waals surface area contributed by atoms with Gasteiger partial charge >= 0.3 is 0 Å². The standard InChI is InChI=1S/C16H16BrN3O2/c1-10(2)18-15(21)13-7-4-8-14(20-13)16(22)19-12-6-3-5-11(17)9-12/h3-10H,1-2H3,(H,18,21)(H,19,22). The second-order valence-electron chi connectivity index (χ2n) is 5.00. The second kappa shape index (κ2) is 7.17. The molecule has 22 heavy (non-hydrogen) atoms. The van der Waals surface area contributed by atoms with Crippen LogP contribution in [0.15, 0.2) is 46.9 Å². The molecule has 2 aromatic rings. The molecule has 0 saturated carbocycles. The fourth-order valence-corrected chi connectivity index (χ4v) is 2.18. The SMILES string of the molecule is CC(C)NC(=O)c1cccc(C(=O)Nc2cccc(Br)c2)n1. The summed E-state index contributed by atoms with van der Waals surface area (Å²) in [6, 6.07) is 12.0. The summed E-state index contributed by atoms with van der Waals surface area (Å²) in [4.78, 5) is 28.2. The van der Waals surface area contributed by atoms with E-state index in [0.29, 0.717) is 5.69 Å². The van der Waals surface area contributed by atoms with Gasteiger partial charge in [0.15, 0.2) is 0 Å². The van der Waals surface area contributed by atoms with Crippen molar-refractivity contribution in [2.45, 2.75) is 19.9 Å². The van der Waals surface area contributed by atoms with Gasteiger partial charge in [-0.25, -0.2) is 4.98 Å². The lowest BCUT2D eigenvalue weighted by atomic mass is 10.2. The van der Waals surface area contributed by atoms with Crippen LogP contribution >= 0.6 is 15.9 Å². The quantitative estimate of drug-likeness (QED) is 0.877. The highest BCUT2D eigenvalue weighted by Gasteiger charge is 2.13. The third kappa shape index (κ3) is 4.39. The molecule has 0 aliphatic carbocycles. The maximum atomic E-state index is 12.2. The summed E-state index contributed by atoms with van der Waals surface area (Å²) in [5.41, 5.74) is 1.06. The Kier molecular flexibility index (Phi) is 5.27. The lowest BCUT2D eigenvalue weighted by Crippen LogP contribution is -2.31. The molecule has 0 atom stereocenters. The van der Waals surface area contributed by atoms with Crippen molar-refractivity contribution in [1.82, 2.24) is 10.3 Å². The van der Waals surface area contributed by atoms with Crippen molar-refractivity contribution in [2.75, 3.05) is 5.32 Å². The molecule has 0 unspecified atom stereocenters. The number of carbonyl (C=O) groups excluding carboxylic acids is 2. The first-order valence-corrected chi connectivity index (χ1v) is 7.60. The van der Waals surface area contributed by atoms with Crippen LogP contribution in [0.25, 0.3) is 0 Å². The number of benzene rings is 1. The van der Waals surface area contributed by atoms with Gasteiger partial charge in [0.25, 0.3) is 11.8 Å². The molecular weight excluding hydrogens is 346 g/mol. The molecule has 6 heteroatoms. The number of hydrogen-bond acceptors (Lipinski definition) is 3. The average molecular weight is 362 g/mol. The molecule has 0 spiro atoms. The van der Waals surface area contributed by atoms with Gasteiger partial charge in [-0.1, -0.05) is 28.1 Å². The van der Waals surface area contributed by atoms with Crippen LogP contribution < -0.4 is 10.6 Å². The molecule has 0 saturated heterocycles. The Morgan fingerprint density at radius 1 is 1.05 bits per heavy atom. The highest BCUT2D eigenvalue weighted by molar-refractivity contribution is 9.10. The number of hydrogen-bond donors (Lipinski definition) is 2. The summed E-state index contributed by atoms with van der Waals surface area (Å²) in [5, 5.41) is 5.49. The average Bonchev–Trinajstić information content (AvgIpc) is 2.46. The molecule has 1 heterocycles. The van der Waals surface area contributed by atoms with Crippen LogP contribution in [0.1, 0.15) is 34.8 Å². The number of nitrogens with zero attached hydrogens (tertiary/aromatic N) is 1. The predicted octanol–water partition coefficient (Wildman–Crippen LogP) is 3.23. The van der Waals surface area contributed by atoms with Crippen LogP contribution in [-0.4, -0.2) is 22.8 Å². The number of nitrogens with one attached hydrogen (secondary N) is 2. The number of rotatable bonds is 4. The van der Waals surface area contributed by atoms with Gasteiger partial charge in [0.05, 0.1) is 0 Å². The van der Waals surface area contributed by atoms with Crippen molar-refractivity contribution in [3.05, 3.63) is 58.3 Å². The molecule has 1 aromatic carbocycles. The van der Waals surface area contributed by atoms with Crippen molar-refractivity contribution < 1.29 is 9.59 Å². The van der Waals surface area contributed by atoms with E-state index in [0.717, 1.165) is 4.47 Å². The topological polar surface area (TPSA) is 71.1 Å². The Hall–Kier alpha value is -2.21. The molecule has 114 valence electrons. The largest absolute Gasteiger partial charge is 0.349 e. The number of pyridine rings is 1. The molecule has 0 aliphatic rings. The second-order valence-corrected chi connectivity index (χ2v) is 5.92. The first kappa shape index (κ1) is 16.2. The normalized spacial score (nSPS) is 10.4. The van der Waals surface area contributed by atoms with E-state index in [1.807, 2.05) is 26.0 Å². The van der Waals surface area contributed by atoms with Gasteiger partial charge in [0.1, 0.15) is 11.4 Å². The van der Waals surface area contributed by atoms with E-state index >= 15 is 0 Å². The zero-order chi connectivity index (χ0) is 16.1. The van der Waals surface area contributed by atoms with E-state index < -0.39 is 0 Å². The van der Waals surface area contributed by atoms with Crippen molar-refractivity contribution in [1.29, 1.82) is 0 Å². The first-order chi connectivity index (χ1) is 10.5. The Labute approximate surface area is 137 Å². The number of halogens is 1. The van der Waals surface area contributed by atoms with Gasteiger partial charge in [0, 0.05) is 16.2 Å². The van der Waals surface area contributed by atoms with Crippen LogP contribution in [0, 0.1) is 0 Å². The van der Waals surface area contributed by atoms with E-state index in [-0.39, 0.29) is 29.2 Å². The van der Waals surface area contributed by atoms with Gasteiger partial charge in [-0.3, -0.25) is 9.59 Å². The fraction of sp³-hybridized carbons (Fsp3) is 0.188. The first-order valence-electron chi connectivity index (χ1n) is 6.80.